The van der Waals surface area contributed by atoms with Crippen LogP contribution >= 0.6 is 0 Å². The summed E-state index contributed by atoms with van der Waals surface area (Å²) < 4.78 is 23.9. The number of nitrogens with two attached hydrogens (primary N) is 1. The summed E-state index contributed by atoms with van der Waals surface area (Å²) in [6.45, 7) is 5.23. The second kappa shape index (κ2) is 5.31. The molecule has 84 valence electrons. The molecular weight excluding hydrogens is 204 g/mol. The topological polar surface area (TPSA) is 89.3 Å². The molecule has 0 heterocycles. The summed E-state index contributed by atoms with van der Waals surface area (Å²) in [4.78, 5) is 11.2. The average molecular weight is 222 g/mol. The molecular formula is C8H18N2O3S. The van der Waals surface area contributed by atoms with Crippen LogP contribution in [0.25, 0.3) is 0 Å². The van der Waals surface area contributed by atoms with Gasteiger partial charge in [-0.15, -0.1) is 0 Å². The number of hydrogen-bond acceptors (Lipinski definition) is 4. The van der Waals surface area contributed by atoms with Crippen molar-refractivity contribution in [2.45, 2.75) is 33.2 Å². The smallest absolute Gasteiger partial charge is 0.234 e. The highest BCUT2D eigenvalue weighted by Crippen LogP contribution is 2.02. The molecule has 0 rings (SSSR count). The van der Waals surface area contributed by atoms with Gasteiger partial charge in [-0.25, -0.2) is 8.42 Å². The van der Waals surface area contributed by atoms with Crippen molar-refractivity contribution in [2.75, 3.05) is 5.75 Å². The van der Waals surface area contributed by atoms with E-state index in [1.807, 2.05) is 18.6 Å². The average Bonchev–Trinajstić information content (AvgIpc) is 2.02. The van der Waals surface area contributed by atoms with E-state index in [9.17, 15) is 13.2 Å². The molecule has 0 spiro atoms. The molecule has 0 radical (unpaired) electrons. The molecule has 0 bridgehead atoms. The standard InChI is InChI=1S/C8H18N2O3S/c1-4-14(12,13)10-8(11)5-7(9)6(2)3/h6-7H,4-5,9H2,1-3H3,(H,10,11). The number of nitrogens with one attached hydrogen (secondary N) is 1. The number of amides is 1. The summed E-state index contributed by atoms with van der Waals surface area (Å²) in [5, 5.41) is 0. The Kier molecular flexibility index (Phi) is 5.07. The fraction of sp³-hybridized carbons (Fsp3) is 0.875. The van der Waals surface area contributed by atoms with Crippen LogP contribution in [0.1, 0.15) is 27.2 Å². The molecule has 1 atom stereocenters. The molecule has 0 aliphatic heterocycles. The van der Waals surface area contributed by atoms with Crippen molar-refractivity contribution in [3.8, 4) is 0 Å². The second-order valence-electron chi connectivity index (χ2n) is 3.54. The number of hydrogen-bond donors (Lipinski definition) is 2. The van der Waals surface area contributed by atoms with Gasteiger partial charge in [0.15, 0.2) is 0 Å². The monoisotopic (exact) mass is 222 g/mol. The highest BCUT2D eigenvalue weighted by Gasteiger charge is 2.16. The molecule has 0 fully saturated rings. The Labute approximate surface area is 85.1 Å². The zero-order valence-electron chi connectivity index (χ0n) is 8.78. The van der Waals surface area contributed by atoms with E-state index in [1.54, 1.807) is 0 Å². The molecule has 0 aromatic carbocycles. The van der Waals surface area contributed by atoms with Crippen molar-refractivity contribution in [3.63, 3.8) is 0 Å². The molecule has 0 aliphatic rings. The van der Waals surface area contributed by atoms with Gasteiger partial charge in [0.2, 0.25) is 15.9 Å². The van der Waals surface area contributed by atoms with Crippen LogP contribution in [0.4, 0.5) is 0 Å². The largest absolute Gasteiger partial charge is 0.327 e. The van der Waals surface area contributed by atoms with E-state index in [-0.39, 0.29) is 24.1 Å². The zero-order valence-corrected chi connectivity index (χ0v) is 9.60. The lowest BCUT2D eigenvalue weighted by atomic mass is 10.0. The predicted molar refractivity (Wildman–Crippen MR) is 55.0 cm³/mol. The minimum atomic E-state index is -3.45. The zero-order chi connectivity index (χ0) is 11.4. The SMILES string of the molecule is CCS(=O)(=O)NC(=O)CC(N)C(C)C. The van der Waals surface area contributed by atoms with Crippen molar-refractivity contribution < 1.29 is 13.2 Å². The van der Waals surface area contributed by atoms with Crippen LogP contribution in [0.2, 0.25) is 0 Å². The Morgan fingerprint density at radius 2 is 1.93 bits per heavy atom. The van der Waals surface area contributed by atoms with Gasteiger partial charge in [0.25, 0.3) is 0 Å². The van der Waals surface area contributed by atoms with Crippen molar-refractivity contribution >= 4 is 15.9 Å². The van der Waals surface area contributed by atoms with Gasteiger partial charge in [0, 0.05) is 12.5 Å². The van der Waals surface area contributed by atoms with Gasteiger partial charge in [-0.2, -0.15) is 0 Å². The van der Waals surface area contributed by atoms with Crippen molar-refractivity contribution in [1.82, 2.24) is 4.72 Å². The molecule has 3 N–H and O–H groups in total. The fourth-order valence-corrected chi connectivity index (χ4v) is 1.31. The molecule has 5 nitrogen and oxygen atoms in total. The van der Waals surface area contributed by atoms with E-state index in [1.165, 1.54) is 6.92 Å². The summed E-state index contributed by atoms with van der Waals surface area (Å²) in [5.41, 5.74) is 5.62. The number of carbonyl (C=O) groups is 1. The van der Waals surface area contributed by atoms with Gasteiger partial charge in [-0.3, -0.25) is 9.52 Å². The lowest BCUT2D eigenvalue weighted by Gasteiger charge is -2.14. The predicted octanol–water partition coefficient (Wildman–Crippen LogP) is -0.174. The van der Waals surface area contributed by atoms with Crippen LogP contribution in [0.15, 0.2) is 0 Å². The van der Waals surface area contributed by atoms with E-state index in [0.717, 1.165) is 0 Å². The molecule has 14 heavy (non-hydrogen) atoms. The van der Waals surface area contributed by atoms with Crippen LogP contribution in [0.5, 0.6) is 0 Å². The molecule has 0 aliphatic carbocycles. The third-order valence-corrected chi connectivity index (χ3v) is 3.23. The Hall–Kier alpha value is -0.620. The first kappa shape index (κ1) is 13.4. The van der Waals surface area contributed by atoms with Gasteiger partial charge in [0.1, 0.15) is 0 Å². The maximum Gasteiger partial charge on any atom is 0.234 e. The summed E-state index contributed by atoms with van der Waals surface area (Å²) in [6.07, 6.45) is 0.0386. The Balaban J connectivity index is 4.13. The number of carbonyl (C=O) groups excluding carboxylic acids is 1. The van der Waals surface area contributed by atoms with Gasteiger partial charge in [-0.05, 0) is 12.8 Å². The van der Waals surface area contributed by atoms with Crippen LogP contribution in [-0.2, 0) is 14.8 Å². The maximum absolute atomic E-state index is 11.2. The Bertz CT molecular complexity index is 285. The van der Waals surface area contributed by atoms with Gasteiger partial charge < -0.3 is 5.73 Å². The van der Waals surface area contributed by atoms with Crippen LogP contribution in [0, 0.1) is 5.92 Å². The first-order valence-corrected chi connectivity index (χ1v) is 6.22. The maximum atomic E-state index is 11.2. The first-order valence-electron chi connectivity index (χ1n) is 4.57. The lowest BCUT2D eigenvalue weighted by Crippen LogP contribution is -2.38. The van der Waals surface area contributed by atoms with E-state index >= 15 is 0 Å². The normalized spacial score (nSPS) is 14.1. The minimum absolute atomic E-state index is 0.0386. The van der Waals surface area contributed by atoms with E-state index in [4.69, 9.17) is 5.73 Å². The number of rotatable bonds is 5. The molecule has 1 unspecified atom stereocenters. The molecule has 0 aromatic rings. The van der Waals surface area contributed by atoms with Crippen LogP contribution in [0.3, 0.4) is 0 Å². The fourth-order valence-electron chi connectivity index (χ4n) is 0.737. The Morgan fingerprint density at radius 3 is 2.29 bits per heavy atom. The van der Waals surface area contributed by atoms with Crippen molar-refractivity contribution in [2.24, 2.45) is 11.7 Å². The summed E-state index contributed by atoms with van der Waals surface area (Å²) in [6, 6.07) is -0.304. The van der Waals surface area contributed by atoms with E-state index in [2.05, 4.69) is 0 Å². The van der Waals surface area contributed by atoms with E-state index < -0.39 is 15.9 Å². The summed E-state index contributed by atoms with van der Waals surface area (Å²) >= 11 is 0. The molecule has 0 aromatic heterocycles. The summed E-state index contributed by atoms with van der Waals surface area (Å²) in [5.74, 6) is -0.478. The third kappa shape index (κ3) is 5.18. The van der Waals surface area contributed by atoms with E-state index in [0.29, 0.717) is 0 Å². The van der Waals surface area contributed by atoms with Gasteiger partial charge in [0.05, 0.1) is 5.75 Å². The van der Waals surface area contributed by atoms with Gasteiger partial charge >= 0.3 is 0 Å². The molecule has 0 saturated carbocycles. The van der Waals surface area contributed by atoms with Gasteiger partial charge in [-0.1, -0.05) is 13.8 Å². The van der Waals surface area contributed by atoms with Crippen molar-refractivity contribution in [3.05, 3.63) is 0 Å². The highest BCUT2D eigenvalue weighted by molar-refractivity contribution is 7.90. The summed E-state index contributed by atoms with van der Waals surface area (Å²) in [7, 11) is -3.45. The first-order chi connectivity index (χ1) is 6.28. The highest BCUT2D eigenvalue weighted by atomic mass is 32.2. The molecule has 0 saturated heterocycles. The van der Waals surface area contributed by atoms with Crippen LogP contribution < -0.4 is 10.5 Å². The van der Waals surface area contributed by atoms with Crippen molar-refractivity contribution in [1.29, 1.82) is 0 Å². The minimum Gasteiger partial charge on any atom is -0.327 e. The number of sulfonamides is 1. The quantitative estimate of drug-likeness (QED) is 0.675. The Morgan fingerprint density at radius 1 is 1.43 bits per heavy atom. The lowest BCUT2D eigenvalue weighted by molar-refractivity contribution is -0.119. The molecule has 6 heteroatoms. The third-order valence-electron chi connectivity index (χ3n) is 1.93. The molecule has 1 amide bonds. The van der Waals surface area contributed by atoms with Crippen LogP contribution in [-0.4, -0.2) is 26.1 Å². The second-order valence-corrected chi connectivity index (χ2v) is 5.55.